The molecule has 7 heteroatoms. The van der Waals surface area contributed by atoms with Crippen LogP contribution in [0.2, 0.25) is 0 Å². The molecule has 5 rings (SSSR count). The van der Waals surface area contributed by atoms with Crippen LogP contribution < -0.4 is 18.9 Å². The molecule has 0 saturated heterocycles. The molecule has 3 aromatic carbocycles. The van der Waals surface area contributed by atoms with Gasteiger partial charge in [0.15, 0.2) is 12.6 Å². The van der Waals surface area contributed by atoms with Gasteiger partial charge in [0.05, 0.1) is 19.3 Å². The van der Waals surface area contributed by atoms with Crippen LogP contribution in [0, 0.1) is 6.92 Å². The van der Waals surface area contributed by atoms with E-state index in [1.54, 1.807) is 19.3 Å². The van der Waals surface area contributed by atoms with Crippen LogP contribution in [-0.2, 0) is 18.0 Å². The van der Waals surface area contributed by atoms with Gasteiger partial charge in [-0.15, -0.1) is 0 Å². The number of carbonyl (C=O) groups is 1. The minimum absolute atomic E-state index is 0.167. The molecule has 0 bridgehead atoms. The molecule has 0 saturated carbocycles. The normalized spacial score (nSPS) is 15.5. The van der Waals surface area contributed by atoms with Crippen LogP contribution in [0.25, 0.3) is 6.08 Å². The summed E-state index contributed by atoms with van der Waals surface area (Å²) in [6.45, 7) is 2.83. The molecule has 6 nitrogen and oxygen atoms in total. The molecule has 0 atom stereocenters. The topological polar surface area (TPSA) is 63.2 Å². The molecule has 2 aliphatic rings. The van der Waals surface area contributed by atoms with Crippen molar-refractivity contribution in [1.29, 1.82) is 0 Å². The predicted octanol–water partition coefficient (Wildman–Crippen LogP) is 5.83. The first kappa shape index (κ1) is 21.6. The van der Waals surface area contributed by atoms with Crippen molar-refractivity contribution in [3.05, 3.63) is 86.6 Å². The Balaban J connectivity index is 1.42. The number of ketones is 1. The fourth-order valence-electron chi connectivity index (χ4n) is 4.00. The van der Waals surface area contributed by atoms with Gasteiger partial charge in [-0.2, -0.15) is 0 Å². The van der Waals surface area contributed by atoms with Crippen LogP contribution in [0.3, 0.4) is 0 Å². The Bertz CT molecular complexity index is 1280. The van der Waals surface area contributed by atoms with Crippen LogP contribution in [-0.4, -0.2) is 19.7 Å². The van der Waals surface area contributed by atoms with Gasteiger partial charge < -0.3 is 23.7 Å². The largest absolute Gasteiger partial charge is 0.496 e. The second-order valence-corrected chi connectivity index (χ2v) is 8.66. The van der Waals surface area contributed by atoms with Crippen molar-refractivity contribution in [3.63, 3.8) is 0 Å². The van der Waals surface area contributed by atoms with E-state index in [1.807, 2.05) is 49.4 Å². The highest BCUT2D eigenvalue weighted by atomic mass is 79.9. The van der Waals surface area contributed by atoms with Crippen molar-refractivity contribution in [2.75, 3.05) is 13.9 Å². The van der Waals surface area contributed by atoms with Gasteiger partial charge in [0, 0.05) is 27.2 Å². The van der Waals surface area contributed by atoms with Gasteiger partial charge in [0.2, 0.25) is 5.78 Å². The number of allylic oxidation sites excluding steroid dienone is 1. The Kier molecular flexibility index (Phi) is 5.83. The Morgan fingerprint density at radius 3 is 2.85 bits per heavy atom. The van der Waals surface area contributed by atoms with Crippen molar-refractivity contribution < 1.29 is 28.5 Å². The predicted molar refractivity (Wildman–Crippen MR) is 126 cm³/mol. The zero-order valence-electron chi connectivity index (χ0n) is 18.1. The first-order chi connectivity index (χ1) is 16.0. The molecule has 2 heterocycles. The number of Topliss-reactive ketones (excluding diaryl/α,β-unsaturated/α-hetero) is 1. The van der Waals surface area contributed by atoms with Crippen molar-refractivity contribution >= 4 is 27.8 Å². The van der Waals surface area contributed by atoms with Crippen LogP contribution in [0.5, 0.6) is 23.0 Å². The number of ether oxygens (including phenoxy) is 5. The maximum absolute atomic E-state index is 13.1. The molecule has 0 aliphatic carbocycles. The molecule has 0 fully saturated rings. The Labute approximate surface area is 199 Å². The van der Waals surface area contributed by atoms with Crippen LogP contribution >= 0.6 is 15.9 Å². The SMILES string of the molecule is COc1ccccc1COc1cc(C)c2c(c1)O/C(=C\c1cc(Br)cc3c1OCOC3)C2=O. The van der Waals surface area contributed by atoms with E-state index in [9.17, 15) is 4.79 Å². The Morgan fingerprint density at radius 2 is 2.00 bits per heavy atom. The molecule has 168 valence electrons. The van der Waals surface area contributed by atoms with E-state index in [0.717, 1.165) is 32.5 Å². The van der Waals surface area contributed by atoms with E-state index in [4.69, 9.17) is 23.7 Å². The molecule has 0 N–H and O–H groups in total. The number of hydrogen-bond donors (Lipinski definition) is 0. The summed E-state index contributed by atoms with van der Waals surface area (Å²) in [5.41, 5.74) is 3.92. The maximum atomic E-state index is 13.1. The monoisotopic (exact) mass is 508 g/mol. The van der Waals surface area contributed by atoms with Gasteiger partial charge in [-0.05, 0) is 42.8 Å². The highest BCUT2D eigenvalue weighted by Crippen LogP contribution is 2.40. The summed E-state index contributed by atoms with van der Waals surface area (Å²) in [5, 5.41) is 0. The van der Waals surface area contributed by atoms with Crippen LogP contribution in [0.15, 0.2) is 58.8 Å². The molecule has 33 heavy (non-hydrogen) atoms. The van der Waals surface area contributed by atoms with Crippen LogP contribution in [0.4, 0.5) is 0 Å². The summed E-state index contributed by atoms with van der Waals surface area (Å²) >= 11 is 3.51. The average Bonchev–Trinajstić information content (AvgIpc) is 3.13. The highest BCUT2D eigenvalue weighted by Gasteiger charge is 2.31. The number of aryl methyl sites for hydroxylation is 1. The van der Waals surface area contributed by atoms with E-state index in [-0.39, 0.29) is 18.3 Å². The van der Waals surface area contributed by atoms with Gasteiger partial charge in [0.1, 0.15) is 29.6 Å². The molecule has 0 spiro atoms. The maximum Gasteiger partial charge on any atom is 0.232 e. The minimum atomic E-state index is -0.167. The summed E-state index contributed by atoms with van der Waals surface area (Å²) in [6.07, 6.45) is 1.71. The number of fused-ring (bicyclic) bond motifs is 2. The van der Waals surface area contributed by atoms with Gasteiger partial charge in [0.25, 0.3) is 0 Å². The van der Waals surface area contributed by atoms with Crippen molar-refractivity contribution in [3.8, 4) is 23.0 Å². The number of rotatable bonds is 5. The molecule has 0 radical (unpaired) electrons. The van der Waals surface area contributed by atoms with Gasteiger partial charge in [-0.25, -0.2) is 0 Å². The smallest absolute Gasteiger partial charge is 0.232 e. The lowest BCUT2D eigenvalue weighted by Gasteiger charge is -2.20. The fraction of sp³-hybridized carbons (Fsp3) is 0.192. The zero-order chi connectivity index (χ0) is 22.9. The quantitative estimate of drug-likeness (QED) is 0.404. The Morgan fingerprint density at radius 1 is 1.15 bits per heavy atom. The third-order valence-corrected chi connectivity index (χ3v) is 5.98. The number of para-hydroxylation sites is 1. The van der Waals surface area contributed by atoms with Gasteiger partial charge in [-0.3, -0.25) is 4.79 Å². The number of methoxy groups -OCH3 is 1. The Hall–Kier alpha value is -3.29. The van der Waals surface area contributed by atoms with Gasteiger partial charge >= 0.3 is 0 Å². The molecular formula is C26H21BrO6. The summed E-state index contributed by atoms with van der Waals surface area (Å²) in [6, 6.07) is 15.1. The highest BCUT2D eigenvalue weighted by molar-refractivity contribution is 9.10. The number of hydrogen-bond acceptors (Lipinski definition) is 6. The first-order valence-corrected chi connectivity index (χ1v) is 11.2. The first-order valence-electron chi connectivity index (χ1n) is 10.4. The van der Waals surface area contributed by atoms with Crippen molar-refractivity contribution in [1.82, 2.24) is 0 Å². The average molecular weight is 509 g/mol. The molecule has 0 aromatic heterocycles. The third-order valence-electron chi connectivity index (χ3n) is 5.52. The molecule has 0 unspecified atom stereocenters. The van der Waals surface area contributed by atoms with E-state index in [2.05, 4.69) is 15.9 Å². The lowest BCUT2D eigenvalue weighted by molar-refractivity contribution is -0.0165. The standard InChI is InChI=1S/C26H21BrO6/c1-15-7-20(31-13-16-5-3-4-6-21(16)29-2)11-22-24(15)25(28)23(33-22)10-17-8-19(27)9-18-12-30-14-32-26(17)18/h3-11H,12-14H2,1-2H3/b23-10-. The second-order valence-electron chi connectivity index (χ2n) is 7.75. The summed E-state index contributed by atoms with van der Waals surface area (Å²) in [4.78, 5) is 13.1. The minimum Gasteiger partial charge on any atom is -0.496 e. The summed E-state index contributed by atoms with van der Waals surface area (Å²) < 4.78 is 29.3. The van der Waals surface area contributed by atoms with E-state index in [1.165, 1.54) is 0 Å². The number of benzene rings is 3. The van der Waals surface area contributed by atoms with Crippen LogP contribution in [0.1, 0.15) is 32.6 Å². The lowest BCUT2D eigenvalue weighted by atomic mass is 10.0. The number of carbonyl (C=O) groups excluding carboxylic acids is 1. The summed E-state index contributed by atoms with van der Waals surface area (Å²) in [7, 11) is 1.63. The van der Waals surface area contributed by atoms with E-state index in [0.29, 0.717) is 36.0 Å². The van der Waals surface area contributed by atoms with E-state index < -0.39 is 0 Å². The second kappa shape index (κ2) is 8.92. The zero-order valence-corrected chi connectivity index (χ0v) is 19.7. The number of halogens is 1. The molecule has 0 amide bonds. The van der Waals surface area contributed by atoms with Crippen molar-refractivity contribution in [2.45, 2.75) is 20.1 Å². The fourth-order valence-corrected chi connectivity index (χ4v) is 4.52. The van der Waals surface area contributed by atoms with Crippen molar-refractivity contribution in [2.24, 2.45) is 0 Å². The molecule has 3 aromatic rings. The lowest BCUT2D eigenvalue weighted by Crippen LogP contribution is -2.12. The van der Waals surface area contributed by atoms with Gasteiger partial charge in [-0.1, -0.05) is 34.1 Å². The molecular weight excluding hydrogens is 488 g/mol. The van der Waals surface area contributed by atoms with E-state index >= 15 is 0 Å². The summed E-state index contributed by atoms with van der Waals surface area (Å²) in [5.74, 6) is 2.63. The third kappa shape index (κ3) is 4.21. The molecule has 2 aliphatic heterocycles.